The molecule has 14 heavy (non-hydrogen) atoms. The zero-order valence-corrected chi connectivity index (χ0v) is 10.8. The second-order valence-electron chi connectivity index (χ2n) is 4.10. The Hall–Kier alpha value is 0.400. The van der Waals surface area contributed by atoms with Crippen molar-refractivity contribution in [1.82, 2.24) is 0 Å². The number of alkyl halides is 1. The molecule has 1 aliphatic carbocycles. The van der Waals surface area contributed by atoms with Crippen LogP contribution < -0.4 is 0 Å². The van der Waals surface area contributed by atoms with E-state index < -0.39 is 0 Å². The van der Waals surface area contributed by atoms with Crippen LogP contribution in [-0.4, -0.2) is 25.3 Å². The minimum Gasteiger partial charge on any atom is -0.355 e. The summed E-state index contributed by atoms with van der Waals surface area (Å²) in [5, 5.41) is 0. The minimum atomic E-state index is -0.100. The lowest BCUT2D eigenvalue weighted by molar-refractivity contribution is -0.103. The molecule has 1 aliphatic rings. The van der Waals surface area contributed by atoms with Crippen LogP contribution in [0.3, 0.4) is 0 Å². The minimum absolute atomic E-state index is 0.100. The first-order valence-electron chi connectivity index (χ1n) is 5.47. The van der Waals surface area contributed by atoms with E-state index in [1.54, 1.807) is 14.2 Å². The maximum Gasteiger partial charge on any atom is 0.169 e. The summed E-state index contributed by atoms with van der Waals surface area (Å²) in [6.07, 6.45) is 8.04. The number of halogens is 1. The summed E-state index contributed by atoms with van der Waals surface area (Å²) in [4.78, 5) is 0.334. The molecule has 0 N–H and O–H groups in total. The Bertz CT molecular complexity index is 142. The van der Waals surface area contributed by atoms with Crippen molar-refractivity contribution in [2.24, 2.45) is 5.92 Å². The molecular formula is C11H21BrO2. The van der Waals surface area contributed by atoms with E-state index in [9.17, 15) is 0 Å². The molecule has 0 radical (unpaired) electrons. The SMILES string of the molecule is COC(OC)C(Br)CC1CCCCC1. The average molecular weight is 265 g/mol. The maximum atomic E-state index is 5.23. The molecule has 0 heterocycles. The van der Waals surface area contributed by atoms with Gasteiger partial charge in [-0.25, -0.2) is 0 Å². The molecule has 0 aromatic carbocycles. The van der Waals surface area contributed by atoms with Crippen LogP contribution in [0.1, 0.15) is 38.5 Å². The van der Waals surface area contributed by atoms with E-state index in [1.807, 2.05) is 0 Å². The third-order valence-electron chi connectivity index (χ3n) is 3.04. The summed E-state index contributed by atoms with van der Waals surface area (Å²) in [7, 11) is 3.40. The molecule has 0 aromatic heterocycles. The Kier molecular flexibility index (Phi) is 6.06. The lowest BCUT2D eigenvalue weighted by Crippen LogP contribution is -2.27. The van der Waals surface area contributed by atoms with Crippen LogP contribution in [0.5, 0.6) is 0 Å². The molecule has 2 nitrogen and oxygen atoms in total. The Morgan fingerprint density at radius 3 is 2.21 bits per heavy atom. The molecule has 84 valence electrons. The lowest BCUT2D eigenvalue weighted by atomic mass is 9.86. The Labute approximate surface area is 95.5 Å². The van der Waals surface area contributed by atoms with Gasteiger partial charge in [0.25, 0.3) is 0 Å². The Morgan fingerprint density at radius 2 is 1.71 bits per heavy atom. The molecule has 3 heteroatoms. The van der Waals surface area contributed by atoms with Crippen molar-refractivity contribution in [1.29, 1.82) is 0 Å². The molecule has 0 aromatic rings. The first kappa shape index (κ1) is 12.5. The molecular weight excluding hydrogens is 244 g/mol. The molecule has 0 spiro atoms. The van der Waals surface area contributed by atoms with Gasteiger partial charge < -0.3 is 9.47 Å². The fraction of sp³-hybridized carbons (Fsp3) is 1.00. The standard InChI is InChI=1S/C11H21BrO2/c1-13-11(14-2)10(12)8-9-6-4-3-5-7-9/h9-11H,3-8H2,1-2H3. The predicted octanol–water partition coefficient (Wildman–Crippen LogP) is 3.34. The molecule has 0 amide bonds. The number of methoxy groups -OCH3 is 2. The smallest absolute Gasteiger partial charge is 0.169 e. The second-order valence-corrected chi connectivity index (χ2v) is 5.27. The Morgan fingerprint density at radius 1 is 1.14 bits per heavy atom. The molecule has 1 atom stereocenters. The third kappa shape index (κ3) is 3.87. The molecule has 0 aliphatic heterocycles. The fourth-order valence-electron chi connectivity index (χ4n) is 2.24. The zero-order chi connectivity index (χ0) is 10.4. The molecule has 1 unspecified atom stereocenters. The third-order valence-corrected chi connectivity index (χ3v) is 3.85. The number of ether oxygens (including phenoxy) is 2. The molecule has 1 fully saturated rings. The topological polar surface area (TPSA) is 18.5 Å². The van der Waals surface area contributed by atoms with Crippen molar-refractivity contribution in [3.63, 3.8) is 0 Å². The van der Waals surface area contributed by atoms with Crippen molar-refractivity contribution in [3.05, 3.63) is 0 Å². The average Bonchev–Trinajstić information content (AvgIpc) is 2.21. The van der Waals surface area contributed by atoms with E-state index >= 15 is 0 Å². The van der Waals surface area contributed by atoms with Crippen molar-refractivity contribution in [3.8, 4) is 0 Å². The van der Waals surface area contributed by atoms with E-state index in [0.29, 0.717) is 4.83 Å². The van der Waals surface area contributed by atoms with Crippen LogP contribution in [0.15, 0.2) is 0 Å². The van der Waals surface area contributed by atoms with Gasteiger partial charge in [-0.05, 0) is 12.3 Å². The molecule has 1 rings (SSSR count). The number of rotatable bonds is 5. The largest absolute Gasteiger partial charge is 0.355 e. The van der Waals surface area contributed by atoms with Crippen LogP contribution in [0.2, 0.25) is 0 Å². The van der Waals surface area contributed by atoms with Gasteiger partial charge in [0.05, 0.1) is 4.83 Å². The van der Waals surface area contributed by atoms with Crippen LogP contribution in [0, 0.1) is 5.92 Å². The monoisotopic (exact) mass is 264 g/mol. The normalized spacial score (nSPS) is 21.4. The zero-order valence-electron chi connectivity index (χ0n) is 9.17. The summed E-state index contributed by atoms with van der Waals surface area (Å²) in [5.41, 5.74) is 0. The summed E-state index contributed by atoms with van der Waals surface area (Å²) in [6.45, 7) is 0. The summed E-state index contributed by atoms with van der Waals surface area (Å²) >= 11 is 3.65. The van der Waals surface area contributed by atoms with Crippen molar-refractivity contribution in [2.75, 3.05) is 14.2 Å². The van der Waals surface area contributed by atoms with Gasteiger partial charge in [0.15, 0.2) is 6.29 Å². The second kappa shape index (κ2) is 6.81. The van der Waals surface area contributed by atoms with E-state index in [2.05, 4.69) is 15.9 Å². The van der Waals surface area contributed by atoms with Crippen LogP contribution in [0.4, 0.5) is 0 Å². The highest BCUT2D eigenvalue weighted by Gasteiger charge is 2.23. The number of hydrogen-bond donors (Lipinski definition) is 0. The van der Waals surface area contributed by atoms with Gasteiger partial charge >= 0.3 is 0 Å². The fourth-order valence-corrected chi connectivity index (χ4v) is 3.20. The van der Waals surface area contributed by atoms with Gasteiger partial charge in [-0.2, -0.15) is 0 Å². The van der Waals surface area contributed by atoms with Gasteiger partial charge in [-0.15, -0.1) is 0 Å². The molecule has 0 saturated heterocycles. The van der Waals surface area contributed by atoms with Gasteiger partial charge in [0.1, 0.15) is 0 Å². The summed E-state index contributed by atoms with van der Waals surface area (Å²) in [5.74, 6) is 0.862. The molecule has 0 bridgehead atoms. The first-order chi connectivity index (χ1) is 6.77. The first-order valence-corrected chi connectivity index (χ1v) is 6.39. The van der Waals surface area contributed by atoms with Gasteiger partial charge in [0.2, 0.25) is 0 Å². The highest BCUT2D eigenvalue weighted by molar-refractivity contribution is 9.09. The van der Waals surface area contributed by atoms with Crippen molar-refractivity contribution in [2.45, 2.75) is 49.6 Å². The quantitative estimate of drug-likeness (QED) is 0.560. The van der Waals surface area contributed by atoms with Crippen LogP contribution in [0.25, 0.3) is 0 Å². The van der Waals surface area contributed by atoms with Crippen LogP contribution >= 0.6 is 15.9 Å². The van der Waals surface area contributed by atoms with E-state index in [1.165, 1.54) is 38.5 Å². The highest BCUT2D eigenvalue weighted by atomic mass is 79.9. The van der Waals surface area contributed by atoms with E-state index in [0.717, 1.165) is 5.92 Å². The van der Waals surface area contributed by atoms with Crippen molar-refractivity contribution >= 4 is 15.9 Å². The van der Waals surface area contributed by atoms with E-state index in [4.69, 9.17) is 9.47 Å². The van der Waals surface area contributed by atoms with E-state index in [-0.39, 0.29) is 6.29 Å². The summed E-state index contributed by atoms with van der Waals surface area (Å²) in [6, 6.07) is 0. The maximum absolute atomic E-state index is 5.23. The van der Waals surface area contributed by atoms with Gasteiger partial charge in [-0.3, -0.25) is 0 Å². The predicted molar refractivity (Wildman–Crippen MR) is 61.7 cm³/mol. The van der Waals surface area contributed by atoms with Gasteiger partial charge in [0, 0.05) is 14.2 Å². The van der Waals surface area contributed by atoms with Gasteiger partial charge in [-0.1, -0.05) is 48.0 Å². The number of hydrogen-bond acceptors (Lipinski definition) is 2. The van der Waals surface area contributed by atoms with Crippen molar-refractivity contribution < 1.29 is 9.47 Å². The molecule has 1 saturated carbocycles. The summed E-state index contributed by atoms with van der Waals surface area (Å²) < 4.78 is 10.5. The lowest BCUT2D eigenvalue weighted by Gasteiger charge is -2.26. The van der Waals surface area contributed by atoms with Crippen LogP contribution in [-0.2, 0) is 9.47 Å². The highest BCUT2D eigenvalue weighted by Crippen LogP contribution is 2.30. The Balaban J connectivity index is 2.26.